The first kappa shape index (κ1) is 12.7. The molecule has 0 fully saturated rings. The molecule has 0 saturated carbocycles. The number of halogens is 2. The Hall–Kier alpha value is -0.351. The van der Waals surface area contributed by atoms with E-state index in [4.69, 9.17) is 23.2 Å². The molecule has 0 radical (unpaired) electrons. The van der Waals surface area contributed by atoms with Crippen molar-refractivity contribution in [2.75, 3.05) is 0 Å². The Morgan fingerprint density at radius 3 is 2.39 bits per heavy atom. The number of hydrogen-bond donors (Lipinski definition) is 2. The summed E-state index contributed by atoms with van der Waals surface area (Å²) in [6.45, 7) is 0. The third kappa shape index (κ3) is 2.03. The number of thiol groups is 1. The van der Waals surface area contributed by atoms with Gasteiger partial charge >= 0.3 is 123 Å². The summed E-state index contributed by atoms with van der Waals surface area (Å²) in [6, 6.07) is 12.7. The summed E-state index contributed by atoms with van der Waals surface area (Å²) < 4.78 is 17.3. The van der Waals surface area contributed by atoms with Crippen LogP contribution in [0, 0.1) is 0 Å². The molecular weight excluding hydrogens is 356 g/mol. The van der Waals surface area contributed by atoms with E-state index in [1.54, 1.807) is 18.2 Å². The third-order valence-corrected chi connectivity index (χ3v) is 9.37. The zero-order chi connectivity index (χ0) is 12.8. The second kappa shape index (κ2) is 4.64. The second-order valence-electron chi connectivity index (χ2n) is 3.89. The first-order chi connectivity index (χ1) is 8.59. The van der Waals surface area contributed by atoms with Crippen molar-refractivity contribution in [3.8, 4) is 0 Å². The van der Waals surface area contributed by atoms with Crippen molar-refractivity contribution in [1.29, 1.82) is 0 Å². The summed E-state index contributed by atoms with van der Waals surface area (Å²) in [6.07, 6.45) is 0. The minimum atomic E-state index is -2.69. The van der Waals surface area contributed by atoms with Gasteiger partial charge in [0.05, 0.1) is 0 Å². The van der Waals surface area contributed by atoms with Gasteiger partial charge in [0.2, 0.25) is 0 Å². The van der Waals surface area contributed by atoms with Crippen LogP contribution in [-0.2, 0) is 10.1 Å². The molecule has 2 aromatic rings. The summed E-state index contributed by atoms with van der Waals surface area (Å²) >= 11 is 11.8. The molecule has 0 atom stereocenters. The van der Waals surface area contributed by atoms with E-state index in [0.29, 0.717) is 10.0 Å². The van der Waals surface area contributed by atoms with Crippen LogP contribution >= 0.6 is 23.2 Å². The van der Waals surface area contributed by atoms with Crippen LogP contribution in [-0.4, -0.2) is 19.4 Å². The van der Waals surface area contributed by atoms with Gasteiger partial charge in [-0.15, -0.1) is 0 Å². The average molecular weight is 365 g/mol. The summed E-state index contributed by atoms with van der Waals surface area (Å²) in [4.78, 5) is 1.66. The summed E-state index contributed by atoms with van der Waals surface area (Å²) in [5.74, 6) is 0. The van der Waals surface area contributed by atoms with Crippen LogP contribution < -0.4 is 8.20 Å². The Balaban J connectivity index is 2.14. The molecule has 0 bridgehead atoms. The number of hydrogen-bond acceptors (Lipinski definition) is 1. The zero-order valence-corrected chi connectivity index (χ0v) is 13.2. The van der Waals surface area contributed by atoms with Gasteiger partial charge in [0.1, 0.15) is 0 Å². The predicted octanol–water partition coefficient (Wildman–Crippen LogP) is 2.19. The molecule has 94 valence electrons. The van der Waals surface area contributed by atoms with Gasteiger partial charge in [-0.05, 0) is 0 Å². The molecule has 0 amide bonds. The number of benzene rings is 2. The topological polar surface area (TPSA) is 29.1 Å². The fourth-order valence-corrected chi connectivity index (χ4v) is 8.73. The quantitative estimate of drug-likeness (QED) is 0.589. The van der Waals surface area contributed by atoms with E-state index in [9.17, 15) is 4.21 Å². The normalized spacial score (nSPS) is 18.3. The van der Waals surface area contributed by atoms with Gasteiger partial charge in [0.25, 0.3) is 0 Å². The van der Waals surface area contributed by atoms with Gasteiger partial charge in [-0.1, -0.05) is 0 Å². The van der Waals surface area contributed by atoms with E-state index in [0.717, 1.165) is 14.3 Å². The van der Waals surface area contributed by atoms with Crippen molar-refractivity contribution in [1.82, 2.24) is 3.74 Å². The number of fused-ring (bicyclic) bond motifs is 1. The Morgan fingerprint density at radius 2 is 1.67 bits per heavy atom. The molecule has 2 nitrogen and oxygen atoms in total. The first-order valence-corrected chi connectivity index (χ1v) is 9.37. The summed E-state index contributed by atoms with van der Waals surface area (Å²) in [5.41, 5.74) is 0. The summed E-state index contributed by atoms with van der Waals surface area (Å²) in [7, 11) is -2.69. The van der Waals surface area contributed by atoms with Gasteiger partial charge in [-0.2, -0.15) is 0 Å². The van der Waals surface area contributed by atoms with Crippen LogP contribution in [0.4, 0.5) is 0 Å². The van der Waals surface area contributed by atoms with Crippen molar-refractivity contribution >= 4 is 53.0 Å². The van der Waals surface area contributed by atoms with E-state index < -0.39 is 10.1 Å². The van der Waals surface area contributed by atoms with E-state index in [2.05, 4.69) is 3.74 Å². The molecule has 2 aromatic carbocycles. The van der Waals surface area contributed by atoms with Crippen molar-refractivity contribution in [2.24, 2.45) is 0 Å². The van der Waals surface area contributed by atoms with Crippen LogP contribution in [0.25, 0.3) is 0 Å². The average Bonchev–Trinajstić information content (AvgIpc) is 2.68. The molecule has 1 aliphatic rings. The SMILES string of the molecule is O=[SH]1(c2ccc(Cl)cc2)N[Se]c2cc(Cl)ccc21. The van der Waals surface area contributed by atoms with Crippen molar-refractivity contribution in [3.05, 3.63) is 52.5 Å². The zero-order valence-electron chi connectivity index (χ0n) is 9.06. The van der Waals surface area contributed by atoms with Crippen LogP contribution in [0.15, 0.2) is 52.3 Å². The van der Waals surface area contributed by atoms with Crippen molar-refractivity contribution in [3.63, 3.8) is 0 Å². The predicted molar refractivity (Wildman–Crippen MR) is 77.5 cm³/mol. The molecule has 1 heterocycles. The maximum atomic E-state index is 13.1. The maximum absolute atomic E-state index is 13.1. The van der Waals surface area contributed by atoms with Gasteiger partial charge in [-0.3, -0.25) is 0 Å². The molecule has 3 rings (SSSR count). The van der Waals surface area contributed by atoms with Crippen molar-refractivity contribution < 1.29 is 4.21 Å². The number of nitrogens with one attached hydrogen (secondary N) is 1. The van der Waals surface area contributed by atoms with Gasteiger partial charge < -0.3 is 0 Å². The molecule has 0 aromatic heterocycles. The third-order valence-electron chi connectivity index (χ3n) is 2.74. The Labute approximate surface area is 123 Å². The minimum absolute atomic E-state index is 0.00457. The van der Waals surface area contributed by atoms with E-state index in [-0.39, 0.29) is 15.2 Å². The van der Waals surface area contributed by atoms with E-state index in [1.165, 1.54) is 0 Å². The standard InChI is InChI=1S/C12H9Cl2NOSSe/c13-8-1-4-10(5-2-8)17(16)11-6-3-9(14)7-12(11)18-15-17/h1-7,17H,(H,15,16). The number of rotatable bonds is 1. The fourth-order valence-electron chi connectivity index (χ4n) is 1.84. The summed E-state index contributed by atoms with van der Waals surface area (Å²) in [5, 5.41) is 1.33. The second-order valence-corrected chi connectivity index (χ2v) is 9.66. The Bertz CT molecular complexity index is 660. The van der Waals surface area contributed by atoms with Crippen LogP contribution in [0.1, 0.15) is 0 Å². The van der Waals surface area contributed by atoms with Crippen molar-refractivity contribution in [2.45, 2.75) is 9.79 Å². The monoisotopic (exact) mass is 365 g/mol. The van der Waals surface area contributed by atoms with Crippen LogP contribution in [0.3, 0.4) is 0 Å². The van der Waals surface area contributed by atoms with E-state index >= 15 is 0 Å². The fraction of sp³-hybridized carbons (Fsp3) is 0. The van der Waals surface area contributed by atoms with Crippen LogP contribution in [0.2, 0.25) is 10.0 Å². The molecule has 0 spiro atoms. The Morgan fingerprint density at radius 1 is 1.00 bits per heavy atom. The molecule has 0 saturated heterocycles. The molecule has 1 aliphatic heterocycles. The molecule has 0 aliphatic carbocycles. The molecular formula is C12H9Cl2NOSSe. The van der Waals surface area contributed by atoms with Gasteiger partial charge in [0.15, 0.2) is 0 Å². The molecule has 6 heteroatoms. The Kier molecular flexibility index (Phi) is 3.27. The molecule has 1 N–H and O–H groups in total. The van der Waals surface area contributed by atoms with E-state index in [1.807, 2.05) is 24.3 Å². The molecule has 18 heavy (non-hydrogen) atoms. The van der Waals surface area contributed by atoms with Crippen LogP contribution in [0.5, 0.6) is 0 Å². The van der Waals surface area contributed by atoms with Gasteiger partial charge in [0, 0.05) is 0 Å². The van der Waals surface area contributed by atoms with Gasteiger partial charge in [-0.25, -0.2) is 0 Å². The first-order valence-electron chi connectivity index (χ1n) is 5.20. The molecule has 0 unspecified atom stereocenters.